The van der Waals surface area contributed by atoms with Crippen molar-refractivity contribution >= 4 is 27.7 Å². The van der Waals surface area contributed by atoms with Gasteiger partial charge in [0.25, 0.3) is 5.91 Å². The third-order valence-corrected chi connectivity index (χ3v) is 5.11. The molecule has 1 aromatic carbocycles. The van der Waals surface area contributed by atoms with Crippen LogP contribution in [0.5, 0.6) is 0 Å². The van der Waals surface area contributed by atoms with Crippen molar-refractivity contribution in [3.8, 4) is 0 Å². The first-order valence-corrected chi connectivity index (χ1v) is 9.01. The second-order valence-electron chi connectivity index (χ2n) is 6.13. The zero-order valence-electron chi connectivity index (χ0n) is 13.1. The Morgan fingerprint density at radius 3 is 2.26 bits per heavy atom. The maximum atomic E-state index is 12.5. The van der Waals surface area contributed by atoms with E-state index in [1.807, 2.05) is 34.1 Å². The SMILES string of the molecule is O=C(c1ccc(Br)cc1)N1CCN(C(=O)C2CCCCN2)CC1. The molecule has 2 aliphatic heterocycles. The van der Waals surface area contributed by atoms with Crippen molar-refractivity contribution in [3.63, 3.8) is 0 Å². The van der Waals surface area contributed by atoms with Gasteiger partial charge in [-0.1, -0.05) is 22.4 Å². The van der Waals surface area contributed by atoms with Gasteiger partial charge in [0.1, 0.15) is 0 Å². The third-order valence-electron chi connectivity index (χ3n) is 4.58. The van der Waals surface area contributed by atoms with Crippen LogP contribution in [0.3, 0.4) is 0 Å². The van der Waals surface area contributed by atoms with Crippen molar-refractivity contribution in [2.75, 3.05) is 32.7 Å². The lowest BCUT2D eigenvalue weighted by molar-refractivity contribution is -0.135. The van der Waals surface area contributed by atoms with E-state index in [0.29, 0.717) is 31.7 Å². The maximum Gasteiger partial charge on any atom is 0.253 e. The number of piperazine rings is 1. The van der Waals surface area contributed by atoms with Gasteiger partial charge in [0.2, 0.25) is 5.91 Å². The summed E-state index contributed by atoms with van der Waals surface area (Å²) >= 11 is 3.38. The van der Waals surface area contributed by atoms with Crippen molar-refractivity contribution in [1.82, 2.24) is 15.1 Å². The van der Waals surface area contributed by atoms with Crippen LogP contribution in [0.1, 0.15) is 29.6 Å². The Balaban J connectivity index is 1.54. The van der Waals surface area contributed by atoms with Crippen LogP contribution in [0, 0.1) is 0 Å². The molecule has 124 valence electrons. The fraction of sp³-hybridized carbons (Fsp3) is 0.529. The molecule has 0 aromatic heterocycles. The minimum Gasteiger partial charge on any atom is -0.338 e. The molecule has 1 aromatic rings. The first-order chi connectivity index (χ1) is 11.1. The van der Waals surface area contributed by atoms with E-state index in [1.54, 1.807) is 0 Å². The molecular formula is C17H22BrN3O2. The summed E-state index contributed by atoms with van der Waals surface area (Å²) in [6.45, 7) is 3.39. The van der Waals surface area contributed by atoms with E-state index in [9.17, 15) is 9.59 Å². The minimum absolute atomic E-state index is 0.0301. The highest BCUT2D eigenvalue weighted by Gasteiger charge is 2.29. The summed E-state index contributed by atoms with van der Waals surface area (Å²) in [7, 11) is 0. The molecule has 0 aliphatic carbocycles. The second kappa shape index (κ2) is 7.45. The summed E-state index contributed by atoms with van der Waals surface area (Å²) in [6, 6.07) is 7.38. The fourth-order valence-corrected chi connectivity index (χ4v) is 3.45. The monoisotopic (exact) mass is 379 g/mol. The van der Waals surface area contributed by atoms with Crippen molar-refractivity contribution in [2.45, 2.75) is 25.3 Å². The van der Waals surface area contributed by atoms with Gasteiger partial charge in [0.05, 0.1) is 6.04 Å². The van der Waals surface area contributed by atoms with Crippen LogP contribution in [-0.4, -0.2) is 60.4 Å². The number of halogens is 1. The van der Waals surface area contributed by atoms with Crippen molar-refractivity contribution in [2.24, 2.45) is 0 Å². The number of rotatable bonds is 2. The predicted molar refractivity (Wildman–Crippen MR) is 92.3 cm³/mol. The highest BCUT2D eigenvalue weighted by Crippen LogP contribution is 2.15. The summed E-state index contributed by atoms with van der Waals surface area (Å²) in [4.78, 5) is 28.7. The van der Waals surface area contributed by atoms with Crippen LogP contribution in [0.25, 0.3) is 0 Å². The van der Waals surface area contributed by atoms with Crippen LogP contribution < -0.4 is 5.32 Å². The average molecular weight is 380 g/mol. The van der Waals surface area contributed by atoms with Gasteiger partial charge in [0.15, 0.2) is 0 Å². The molecule has 3 rings (SSSR count). The highest BCUT2D eigenvalue weighted by molar-refractivity contribution is 9.10. The van der Waals surface area contributed by atoms with Crippen LogP contribution in [-0.2, 0) is 4.79 Å². The molecule has 1 N–H and O–H groups in total. The molecule has 6 heteroatoms. The van der Waals surface area contributed by atoms with Crippen molar-refractivity contribution in [3.05, 3.63) is 34.3 Å². The predicted octanol–water partition coefficient (Wildman–Crippen LogP) is 1.88. The lowest BCUT2D eigenvalue weighted by Crippen LogP contribution is -2.55. The molecule has 0 radical (unpaired) electrons. The van der Waals surface area contributed by atoms with Crippen LogP contribution in [0.15, 0.2) is 28.7 Å². The van der Waals surface area contributed by atoms with E-state index in [4.69, 9.17) is 0 Å². The van der Waals surface area contributed by atoms with E-state index in [-0.39, 0.29) is 17.9 Å². The first kappa shape index (κ1) is 16.5. The lowest BCUT2D eigenvalue weighted by Gasteiger charge is -2.37. The Labute approximate surface area is 145 Å². The maximum absolute atomic E-state index is 12.5. The van der Waals surface area contributed by atoms with Gasteiger partial charge in [-0.3, -0.25) is 9.59 Å². The molecule has 23 heavy (non-hydrogen) atoms. The third kappa shape index (κ3) is 3.93. The minimum atomic E-state index is -0.0301. The summed E-state index contributed by atoms with van der Waals surface area (Å²) in [5, 5.41) is 3.31. The van der Waals surface area contributed by atoms with E-state index in [2.05, 4.69) is 21.2 Å². The smallest absolute Gasteiger partial charge is 0.253 e. The van der Waals surface area contributed by atoms with E-state index in [1.165, 1.54) is 0 Å². The number of benzene rings is 1. The van der Waals surface area contributed by atoms with Gasteiger partial charge in [-0.15, -0.1) is 0 Å². The van der Waals surface area contributed by atoms with Crippen LogP contribution in [0.2, 0.25) is 0 Å². The molecule has 1 unspecified atom stereocenters. The molecule has 2 heterocycles. The van der Waals surface area contributed by atoms with Crippen LogP contribution in [0.4, 0.5) is 0 Å². The number of amides is 2. The molecule has 1 atom stereocenters. The average Bonchev–Trinajstić information content (AvgIpc) is 2.62. The Morgan fingerprint density at radius 1 is 1.00 bits per heavy atom. The first-order valence-electron chi connectivity index (χ1n) is 8.22. The molecule has 0 bridgehead atoms. The molecule has 2 saturated heterocycles. The zero-order chi connectivity index (χ0) is 16.2. The summed E-state index contributed by atoms with van der Waals surface area (Å²) in [5.74, 6) is 0.237. The van der Waals surface area contributed by atoms with E-state index in [0.717, 1.165) is 30.3 Å². The van der Waals surface area contributed by atoms with Crippen molar-refractivity contribution in [1.29, 1.82) is 0 Å². The topological polar surface area (TPSA) is 52.7 Å². The molecule has 0 saturated carbocycles. The molecule has 2 fully saturated rings. The lowest BCUT2D eigenvalue weighted by atomic mass is 10.0. The Kier molecular flexibility index (Phi) is 5.33. The quantitative estimate of drug-likeness (QED) is 0.853. The van der Waals surface area contributed by atoms with Gasteiger partial charge in [0, 0.05) is 36.2 Å². The molecule has 0 spiro atoms. The second-order valence-corrected chi connectivity index (χ2v) is 7.04. The largest absolute Gasteiger partial charge is 0.338 e. The Hall–Kier alpha value is -1.40. The Morgan fingerprint density at radius 2 is 1.65 bits per heavy atom. The van der Waals surface area contributed by atoms with Crippen LogP contribution >= 0.6 is 15.9 Å². The summed E-state index contributed by atoms with van der Waals surface area (Å²) in [6.07, 6.45) is 3.20. The number of piperidine rings is 1. The number of hydrogen-bond donors (Lipinski definition) is 1. The number of hydrogen-bond acceptors (Lipinski definition) is 3. The zero-order valence-corrected chi connectivity index (χ0v) is 14.7. The molecule has 5 nitrogen and oxygen atoms in total. The summed E-state index contributed by atoms with van der Waals surface area (Å²) in [5.41, 5.74) is 0.696. The normalized spacial score (nSPS) is 22.0. The number of carbonyl (C=O) groups is 2. The fourth-order valence-electron chi connectivity index (χ4n) is 3.19. The van der Waals surface area contributed by atoms with Gasteiger partial charge in [-0.2, -0.15) is 0 Å². The summed E-state index contributed by atoms with van der Waals surface area (Å²) < 4.78 is 0.962. The van der Waals surface area contributed by atoms with Crippen molar-refractivity contribution < 1.29 is 9.59 Å². The standard InChI is InChI=1S/C17H22BrN3O2/c18-14-6-4-13(5-7-14)16(22)20-9-11-21(12-10-20)17(23)15-3-1-2-8-19-15/h4-7,15,19H,1-3,8-12H2. The van der Waals surface area contributed by atoms with Gasteiger partial charge in [-0.25, -0.2) is 0 Å². The highest BCUT2D eigenvalue weighted by atomic mass is 79.9. The number of nitrogens with zero attached hydrogens (tertiary/aromatic N) is 2. The number of carbonyl (C=O) groups excluding carboxylic acids is 2. The van der Waals surface area contributed by atoms with Gasteiger partial charge < -0.3 is 15.1 Å². The van der Waals surface area contributed by atoms with Gasteiger partial charge >= 0.3 is 0 Å². The molecule has 2 aliphatic rings. The molecular weight excluding hydrogens is 358 g/mol. The van der Waals surface area contributed by atoms with Gasteiger partial charge in [-0.05, 0) is 43.7 Å². The molecule has 2 amide bonds. The van der Waals surface area contributed by atoms with E-state index >= 15 is 0 Å². The number of nitrogens with one attached hydrogen (secondary N) is 1. The van der Waals surface area contributed by atoms with E-state index < -0.39 is 0 Å². The Bertz CT molecular complexity index is 562.